The molecule has 10 heteroatoms. The third kappa shape index (κ3) is 7.28. The summed E-state index contributed by atoms with van der Waals surface area (Å²) in [5.74, 6) is 1.56. The minimum absolute atomic E-state index is 0. The maximum absolute atomic E-state index is 12.6. The van der Waals surface area contributed by atoms with Gasteiger partial charge in [-0.25, -0.2) is 4.99 Å². The van der Waals surface area contributed by atoms with Crippen molar-refractivity contribution >= 4 is 29.9 Å². The molecule has 2 aromatic rings. The van der Waals surface area contributed by atoms with Gasteiger partial charge in [0.15, 0.2) is 11.8 Å². The third-order valence-corrected chi connectivity index (χ3v) is 3.57. The molecule has 1 heterocycles. The van der Waals surface area contributed by atoms with E-state index in [0.29, 0.717) is 36.3 Å². The van der Waals surface area contributed by atoms with E-state index >= 15 is 0 Å². The van der Waals surface area contributed by atoms with E-state index in [0.717, 1.165) is 12.1 Å². The summed E-state index contributed by atoms with van der Waals surface area (Å²) in [5, 5.41) is 10.1. The summed E-state index contributed by atoms with van der Waals surface area (Å²) in [4.78, 5) is 8.71. The van der Waals surface area contributed by atoms with E-state index in [1.807, 2.05) is 27.7 Å². The first-order valence-electron chi connectivity index (χ1n) is 8.61. The normalized spacial score (nSPS) is 12.5. The van der Waals surface area contributed by atoms with Gasteiger partial charge < -0.3 is 15.2 Å². The average Bonchev–Trinajstić information content (AvgIpc) is 3.06. The number of benzene rings is 1. The molecular formula is C18H25F3IN5O. The van der Waals surface area contributed by atoms with Gasteiger partial charge in [0.05, 0.1) is 18.7 Å². The van der Waals surface area contributed by atoms with Gasteiger partial charge >= 0.3 is 6.18 Å². The number of halogens is 4. The maximum atomic E-state index is 12.6. The summed E-state index contributed by atoms with van der Waals surface area (Å²) < 4.78 is 43.0. The molecule has 6 nitrogen and oxygen atoms in total. The highest BCUT2D eigenvalue weighted by Gasteiger charge is 2.29. The summed E-state index contributed by atoms with van der Waals surface area (Å²) in [6.07, 6.45) is -4.34. The molecule has 156 valence electrons. The van der Waals surface area contributed by atoms with Crippen molar-refractivity contribution in [2.45, 2.75) is 52.4 Å². The lowest BCUT2D eigenvalue weighted by Gasteiger charge is -2.11. The molecule has 1 aromatic carbocycles. The van der Waals surface area contributed by atoms with Gasteiger partial charge in [-0.3, -0.25) is 0 Å². The second-order valence-electron chi connectivity index (χ2n) is 7.01. The minimum atomic E-state index is -4.34. The van der Waals surface area contributed by atoms with Gasteiger partial charge in [-0.1, -0.05) is 38.1 Å². The number of rotatable bonds is 5. The van der Waals surface area contributed by atoms with E-state index in [1.54, 1.807) is 0 Å². The summed E-state index contributed by atoms with van der Waals surface area (Å²) in [5.41, 5.74) is -0.228. The third-order valence-electron chi connectivity index (χ3n) is 3.57. The number of hydrogen-bond donors (Lipinski definition) is 2. The molecule has 0 bridgehead atoms. The van der Waals surface area contributed by atoms with Crippen molar-refractivity contribution in [3.8, 4) is 0 Å². The summed E-state index contributed by atoms with van der Waals surface area (Å²) in [6.45, 7) is 9.05. The molecule has 2 rings (SSSR count). The summed E-state index contributed by atoms with van der Waals surface area (Å²) in [7, 11) is 0. The molecule has 0 saturated carbocycles. The van der Waals surface area contributed by atoms with Crippen molar-refractivity contribution in [3.63, 3.8) is 0 Å². The monoisotopic (exact) mass is 511 g/mol. The van der Waals surface area contributed by atoms with E-state index in [-0.39, 0.29) is 35.9 Å². The Balaban J connectivity index is 0.00000392. The Labute approximate surface area is 179 Å². The van der Waals surface area contributed by atoms with Crippen LogP contribution in [0.3, 0.4) is 0 Å². The van der Waals surface area contributed by atoms with E-state index in [1.165, 1.54) is 12.1 Å². The molecule has 2 N–H and O–H groups in total. The summed E-state index contributed by atoms with van der Waals surface area (Å²) in [6, 6.07) is 4.95. The number of nitrogens with one attached hydrogen (secondary N) is 2. The van der Waals surface area contributed by atoms with Crippen molar-refractivity contribution in [2.75, 3.05) is 6.54 Å². The number of nitrogens with zero attached hydrogens (tertiary/aromatic N) is 3. The van der Waals surface area contributed by atoms with Crippen LogP contribution in [0.2, 0.25) is 0 Å². The second kappa shape index (κ2) is 10.1. The van der Waals surface area contributed by atoms with Gasteiger partial charge in [0.2, 0.25) is 5.89 Å². The van der Waals surface area contributed by atoms with Crippen LogP contribution in [0, 0.1) is 0 Å². The molecule has 0 amide bonds. The fraction of sp³-hybridized carbons (Fsp3) is 0.500. The van der Waals surface area contributed by atoms with Crippen LogP contribution in [0.4, 0.5) is 13.2 Å². The SMILES string of the molecule is CCNC(=NCc1ccc(C(F)(F)F)cc1)NCc1noc(C(C)(C)C)n1.I. The van der Waals surface area contributed by atoms with E-state index in [2.05, 4.69) is 25.8 Å². The fourth-order valence-corrected chi connectivity index (χ4v) is 2.10. The van der Waals surface area contributed by atoms with Crippen LogP contribution in [0.1, 0.15) is 50.5 Å². The van der Waals surface area contributed by atoms with Crippen molar-refractivity contribution in [1.82, 2.24) is 20.8 Å². The van der Waals surface area contributed by atoms with Crippen LogP contribution in [0.5, 0.6) is 0 Å². The maximum Gasteiger partial charge on any atom is 0.416 e. The lowest BCUT2D eigenvalue weighted by Crippen LogP contribution is -2.37. The number of guanidine groups is 1. The lowest BCUT2D eigenvalue weighted by atomic mass is 9.97. The predicted octanol–water partition coefficient (Wildman–Crippen LogP) is 4.26. The van der Waals surface area contributed by atoms with Gasteiger partial charge in [-0.15, -0.1) is 24.0 Å². The Morgan fingerprint density at radius 2 is 1.75 bits per heavy atom. The standard InChI is InChI=1S/C18H24F3N5O.HI/c1-5-22-16(24-11-14-25-15(27-26-14)17(2,3)4)23-10-12-6-8-13(9-7-12)18(19,20)21;/h6-9H,5,10-11H2,1-4H3,(H2,22,23,24);1H. The van der Waals surface area contributed by atoms with E-state index < -0.39 is 11.7 Å². The van der Waals surface area contributed by atoms with E-state index in [4.69, 9.17) is 4.52 Å². The first-order valence-corrected chi connectivity index (χ1v) is 8.61. The molecule has 1 aromatic heterocycles. The smallest absolute Gasteiger partial charge is 0.357 e. The molecule has 0 aliphatic carbocycles. The van der Waals surface area contributed by atoms with Gasteiger partial charge in [0.1, 0.15) is 0 Å². The van der Waals surface area contributed by atoms with Crippen molar-refractivity contribution in [2.24, 2.45) is 4.99 Å². The number of aliphatic imine (C=N–C) groups is 1. The topological polar surface area (TPSA) is 75.3 Å². The fourth-order valence-electron chi connectivity index (χ4n) is 2.10. The zero-order valence-corrected chi connectivity index (χ0v) is 18.6. The number of alkyl halides is 3. The molecule has 0 aliphatic heterocycles. The largest absolute Gasteiger partial charge is 0.416 e. The van der Waals surface area contributed by atoms with Crippen LogP contribution in [-0.4, -0.2) is 22.6 Å². The lowest BCUT2D eigenvalue weighted by molar-refractivity contribution is -0.137. The molecule has 0 fully saturated rings. The van der Waals surface area contributed by atoms with Gasteiger partial charge in [-0.2, -0.15) is 18.2 Å². The Hall–Kier alpha value is -1.85. The highest BCUT2D eigenvalue weighted by molar-refractivity contribution is 14.0. The predicted molar refractivity (Wildman–Crippen MR) is 112 cm³/mol. The van der Waals surface area contributed by atoms with Crippen LogP contribution in [0.25, 0.3) is 0 Å². The van der Waals surface area contributed by atoms with Crippen molar-refractivity contribution in [3.05, 3.63) is 47.1 Å². The van der Waals surface area contributed by atoms with Crippen molar-refractivity contribution < 1.29 is 17.7 Å². The Morgan fingerprint density at radius 3 is 2.25 bits per heavy atom. The molecule has 0 saturated heterocycles. The Morgan fingerprint density at radius 1 is 1.11 bits per heavy atom. The zero-order valence-electron chi connectivity index (χ0n) is 16.2. The molecule has 0 atom stereocenters. The molecule has 0 radical (unpaired) electrons. The molecule has 0 unspecified atom stereocenters. The number of aromatic nitrogens is 2. The van der Waals surface area contributed by atoms with Crippen LogP contribution in [0.15, 0.2) is 33.8 Å². The molecular weight excluding hydrogens is 486 g/mol. The quantitative estimate of drug-likeness (QED) is 0.357. The second-order valence-corrected chi connectivity index (χ2v) is 7.01. The zero-order chi connectivity index (χ0) is 20.1. The van der Waals surface area contributed by atoms with Gasteiger partial charge in [0, 0.05) is 12.0 Å². The first-order chi connectivity index (χ1) is 12.6. The average molecular weight is 511 g/mol. The minimum Gasteiger partial charge on any atom is -0.357 e. The molecule has 0 spiro atoms. The van der Waals surface area contributed by atoms with Crippen LogP contribution in [-0.2, 0) is 24.7 Å². The Kier molecular flexibility index (Phi) is 8.71. The molecule has 28 heavy (non-hydrogen) atoms. The summed E-state index contributed by atoms with van der Waals surface area (Å²) >= 11 is 0. The molecule has 0 aliphatic rings. The van der Waals surface area contributed by atoms with Gasteiger partial charge in [0.25, 0.3) is 0 Å². The number of hydrogen-bond acceptors (Lipinski definition) is 4. The Bertz CT molecular complexity index is 767. The van der Waals surface area contributed by atoms with Crippen LogP contribution < -0.4 is 10.6 Å². The van der Waals surface area contributed by atoms with Gasteiger partial charge in [-0.05, 0) is 24.6 Å². The highest BCUT2D eigenvalue weighted by atomic mass is 127. The first kappa shape index (κ1) is 24.2. The van der Waals surface area contributed by atoms with Crippen molar-refractivity contribution in [1.29, 1.82) is 0 Å². The van der Waals surface area contributed by atoms with E-state index in [9.17, 15) is 13.2 Å². The van der Waals surface area contributed by atoms with Crippen LogP contribution >= 0.6 is 24.0 Å². The highest BCUT2D eigenvalue weighted by Crippen LogP contribution is 2.29.